The van der Waals surface area contributed by atoms with Gasteiger partial charge in [0.2, 0.25) is 5.91 Å². The first-order valence-corrected chi connectivity index (χ1v) is 9.52. The highest BCUT2D eigenvalue weighted by molar-refractivity contribution is 6.00. The van der Waals surface area contributed by atoms with Gasteiger partial charge in [-0.3, -0.25) is 14.4 Å². The van der Waals surface area contributed by atoms with E-state index in [1.807, 2.05) is 13.0 Å². The molecular formula is C22H27N3O4. The van der Waals surface area contributed by atoms with Crippen LogP contribution in [0.3, 0.4) is 0 Å². The van der Waals surface area contributed by atoms with Crippen LogP contribution in [-0.2, 0) is 11.3 Å². The molecule has 2 aromatic carbocycles. The largest absolute Gasteiger partial charge is 0.493 e. The first-order valence-electron chi connectivity index (χ1n) is 9.52. The van der Waals surface area contributed by atoms with E-state index in [9.17, 15) is 14.4 Å². The standard InChI is InChI=1S/C22H27N3O4/c1-5-29-19-10-9-17(25-20(26)14(2)3)12-18(19)22(28)24-13-15-7-6-8-16(11-15)21(27)23-4/h6-12,14H,5,13H2,1-4H3,(H,23,27)(H,24,28)(H,25,26). The van der Waals surface area contributed by atoms with Gasteiger partial charge >= 0.3 is 0 Å². The van der Waals surface area contributed by atoms with Crippen molar-refractivity contribution in [3.63, 3.8) is 0 Å². The van der Waals surface area contributed by atoms with E-state index in [4.69, 9.17) is 4.74 Å². The zero-order valence-corrected chi connectivity index (χ0v) is 17.2. The number of amides is 3. The molecule has 2 aromatic rings. The maximum absolute atomic E-state index is 12.8. The quantitative estimate of drug-likeness (QED) is 0.638. The molecular weight excluding hydrogens is 370 g/mol. The average molecular weight is 397 g/mol. The lowest BCUT2D eigenvalue weighted by molar-refractivity contribution is -0.118. The number of ether oxygens (including phenoxy) is 1. The Balaban J connectivity index is 2.17. The van der Waals surface area contributed by atoms with Crippen LogP contribution in [-0.4, -0.2) is 31.4 Å². The molecule has 3 amide bonds. The molecule has 0 heterocycles. The molecule has 3 N–H and O–H groups in total. The Kier molecular flexibility index (Phi) is 7.77. The van der Waals surface area contributed by atoms with E-state index >= 15 is 0 Å². The summed E-state index contributed by atoms with van der Waals surface area (Å²) in [6.07, 6.45) is 0. The predicted octanol–water partition coefficient (Wildman–Crippen LogP) is 2.97. The number of carbonyl (C=O) groups excluding carboxylic acids is 3. The summed E-state index contributed by atoms with van der Waals surface area (Å²) in [7, 11) is 1.57. The third-order valence-electron chi connectivity index (χ3n) is 4.19. The van der Waals surface area contributed by atoms with Gasteiger partial charge in [-0.2, -0.15) is 0 Å². The molecule has 7 heteroatoms. The minimum atomic E-state index is -0.334. The van der Waals surface area contributed by atoms with Gasteiger partial charge in [-0.1, -0.05) is 26.0 Å². The third-order valence-corrected chi connectivity index (χ3v) is 4.19. The second-order valence-corrected chi connectivity index (χ2v) is 6.75. The van der Waals surface area contributed by atoms with Crippen LogP contribution in [0.1, 0.15) is 47.1 Å². The summed E-state index contributed by atoms with van der Waals surface area (Å²) in [4.78, 5) is 36.5. The van der Waals surface area contributed by atoms with E-state index in [1.165, 1.54) is 0 Å². The van der Waals surface area contributed by atoms with Gasteiger partial charge in [-0.05, 0) is 42.8 Å². The van der Waals surface area contributed by atoms with Gasteiger partial charge in [0.1, 0.15) is 5.75 Å². The van der Waals surface area contributed by atoms with Crippen LogP contribution >= 0.6 is 0 Å². The summed E-state index contributed by atoms with van der Waals surface area (Å²) in [6.45, 7) is 6.08. The van der Waals surface area contributed by atoms with Crippen molar-refractivity contribution in [1.82, 2.24) is 10.6 Å². The van der Waals surface area contributed by atoms with Crippen molar-refractivity contribution in [2.45, 2.75) is 27.3 Å². The molecule has 7 nitrogen and oxygen atoms in total. The molecule has 2 rings (SSSR count). The van der Waals surface area contributed by atoms with Gasteiger partial charge < -0.3 is 20.7 Å². The molecule has 0 spiro atoms. The Morgan fingerprint density at radius 2 is 1.79 bits per heavy atom. The van der Waals surface area contributed by atoms with Crippen LogP contribution in [0.25, 0.3) is 0 Å². The van der Waals surface area contributed by atoms with Crippen LogP contribution < -0.4 is 20.7 Å². The van der Waals surface area contributed by atoms with Gasteiger partial charge in [0.25, 0.3) is 11.8 Å². The first-order chi connectivity index (χ1) is 13.8. The molecule has 0 aliphatic heterocycles. The minimum Gasteiger partial charge on any atom is -0.493 e. The zero-order chi connectivity index (χ0) is 21.4. The summed E-state index contributed by atoms with van der Waals surface area (Å²) in [6, 6.07) is 12.0. The lowest BCUT2D eigenvalue weighted by atomic mass is 10.1. The molecule has 0 bridgehead atoms. The molecule has 0 aliphatic carbocycles. The van der Waals surface area contributed by atoms with Crippen LogP contribution in [0.15, 0.2) is 42.5 Å². The van der Waals surface area contributed by atoms with E-state index in [1.54, 1.807) is 57.3 Å². The summed E-state index contributed by atoms with van der Waals surface area (Å²) >= 11 is 0. The topological polar surface area (TPSA) is 96.5 Å². The molecule has 0 fully saturated rings. The Morgan fingerprint density at radius 1 is 1.03 bits per heavy atom. The van der Waals surface area contributed by atoms with Crippen molar-refractivity contribution in [3.8, 4) is 5.75 Å². The molecule has 0 saturated carbocycles. The van der Waals surface area contributed by atoms with Crippen molar-refractivity contribution in [3.05, 3.63) is 59.2 Å². The maximum atomic E-state index is 12.8. The number of anilines is 1. The van der Waals surface area contributed by atoms with Crippen LogP contribution in [0.5, 0.6) is 5.75 Å². The van der Waals surface area contributed by atoms with Gasteiger partial charge in [0, 0.05) is 30.8 Å². The molecule has 0 radical (unpaired) electrons. The van der Waals surface area contributed by atoms with Crippen molar-refractivity contribution >= 4 is 23.4 Å². The monoisotopic (exact) mass is 397 g/mol. The Bertz CT molecular complexity index is 893. The Morgan fingerprint density at radius 3 is 2.45 bits per heavy atom. The van der Waals surface area contributed by atoms with Gasteiger partial charge in [-0.15, -0.1) is 0 Å². The highest BCUT2D eigenvalue weighted by Crippen LogP contribution is 2.23. The van der Waals surface area contributed by atoms with E-state index in [0.717, 1.165) is 5.56 Å². The van der Waals surface area contributed by atoms with E-state index in [0.29, 0.717) is 29.2 Å². The van der Waals surface area contributed by atoms with Crippen molar-refractivity contribution in [2.24, 2.45) is 5.92 Å². The van der Waals surface area contributed by atoms with Gasteiger partial charge in [0.05, 0.1) is 12.2 Å². The van der Waals surface area contributed by atoms with E-state index in [2.05, 4.69) is 16.0 Å². The molecule has 154 valence electrons. The number of benzene rings is 2. The Hall–Kier alpha value is -3.35. The zero-order valence-electron chi connectivity index (χ0n) is 17.2. The third kappa shape index (κ3) is 6.07. The summed E-state index contributed by atoms with van der Waals surface area (Å²) in [5.41, 5.74) is 2.17. The fourth-order valence-corrected chi connectivity index (χ4v) is 2.60. The van der Waals surface area contributed by atoms with Crippen molar-refractivity contribution in [2.75, 3.05) is 19.0 Å². The van der Waals surface area contributed by atoms with Gasteiger partial charge in [0.15, 0.2) is 0 Å². The maximum Gasteiger partial charge on any atom is 0.255 e. The van der Waals surface area contributed by atoms with Crippen LogP contribution in [0, 0.1) is 5.92 Å². The number of nitrogens with one attached hydrogen (secondary N) is 3. The first kappa shape index (κ1) is 21.9. The molecule has 29 heavy (non-hydrogen) atoms. The number of rotatable bonds is 8. The highest BCUT2D eigenvalue weighted by Gasteiger charge is 2.15. The molecule has 0 atom stereocenters. The van der Waals surface area contributed by atoms with E-state index < -0.39 is 0 Å². The second kappa shape index (κ2) is 10.3. The molecule has 0 saturated heterocycles. The second-order valence-electron chi connectivity index (χ2n) is 6.75. The SMILES string of the molecule is CCOc1ccc(NC(=O)C(C)C)cc1C(=O)NCc1cccc(C(=O)NC)c1. The summed E-state index contributed by atoms with van der Waals surface area (Å²) < 4.78 is 5.56. The van der Waals surface area contributed by atoms with Crippen molar-refractivity contribution in [1.29, 1.82) is 0 Å². The van der Waals surface area contributed by atoms with Crippen LogP contribution in [0.4, 0.5) is 5.69 Å². The summed E-state index contributed by atoms with van der Waals surface area (Å²) in [5.74, 6) is -0.394. The molecule has 0 aliphatic rings. The minimum absolute atomic E-state index is 0.133. The average Bonchev–Trinajstić information content (AvgIpc) is 2.72. The fraction of sp³-hybridized carbons (Fsp3) is 0.318. The number of hydrogen-bond donors (Lipinski definition) is 3. The molecule has 0 aromatic heterocycles. The normalized spacial score (nSPS) is 10.4. The fourth-order valence-electron chi connectivity index (χ4n) is 2.60. The van der Waals surface area contributed by atoms with E-state index in [-0.39, 0.29) is 30.2 Å². The van der Waals surface area contributed by atoms with Gasteiger partial charge in [-0.25, -0.2) is 0 Å². The summed E-state index contributed by atoms with van der Waals surface area (Å²) in [5, 5.41) is 8.20. The lowest BCUT2D eigenvalue weighted by Crippen LogP contribution is -2.24. The predicted molar refractivity (Wildman–Crippen MR) is 112 cm³/mol. The Labute approximate surface area is 170 Å². The van der Waals surface area contributed by atoms with Crippen LogP contribution in [0.2, 0.25) is 0 Å². The van der Waals surface area contributed by atoms with Crippen molar-refractivity contribution < 1.29 is 19.1 Å². The molecule has 0 unspecified atom stereocenters. The number of carbonyl (C=O) groups is 3. The highest BCUT2D eigenvalue weighted by atomic mass is 16.5. The smallest absolute Gasteiger partial charge is 0.255 e. The number of hydrogen-bond acceptors (Lipinski definition) is 4. The lowest BCUT2D eigenvalue weighted by Gasteiger charge is -2.14.